The van der Waals surface area contributed by atoms with E-state index in [0.29, 0.717) is 10.8 Å². The molecule has 0 aliphatic heterocycles. The number of thiazole rings is 1. The van der Waals surface area contributed by atoms with Gasteiger partial charge in [-0.1, -0.05) is 96.2 Å². The lowest BCUT2D eigenvalue weighted by Gasteiger charge is -2.36. The van der Waals surface area contributed by atoms with Gasteiger partial charge in [-0.15, -0.1) is 11.3 Å². The average Bonchev–Trinajstić information content (AvgIpc) is 3.30. The Morgan fingerprint density at radius 3 is 1.78 bits per heavy atom. The summed E-state index contributed by atoms with van der Waals surface area (Å²) in [5.74, 6) is 0. The third-order valence-corrected chi connectivity index (χ3v) is 5.97. The third-order valence-electron chi connectivity index (χ3n) is 5.03. The van der Waals surface area contributed by atoms with Gasteiger partial charge in [-0.05, 0) is 28.3 Å². The van der Waals surface area contributed by atoms with Crippen molar-refractivity contribution in [3.63, 3.8) is 0 Å². The molecule has 0 unspecified atom stereocenters. The van der Waals surface area contributed by atoms with Crippen molar-refractivity contribution in [3.8, 4) is 0 Å². The van der Waals surface area contributed by atoms with Gasteiger partial charge in [-0.3, -0.25) is 4.79 Å². The van der Waals surface area contributed by atoms with Crippen LogP contribution in [0.2, 0.25) is 0 Å². The Bertz CT molecular complexity index is 1120. The Kier molecular flexibility index (Phi) is 6.63. The first-order valence-electron chi connectivity index (χ1n) is 9.87. The van der Waals surface area contributed by atoms with Gasteiger partial charge >= 0.3 is 0 Å². The Balaban J connectivity index is 1.90. The minimum absolute atomic E-state index is 0.0387. The first kappa shape index (κ1) is 21.7. The molecule has 0 fully saturated rings. The third kappa shape index (κ3) is 4.28. The van der Waals surface area contributed by atoms with Gasteiger partial charge in [0.1, 0.15) is 18.3 Å². The van der Waals surface area contributed by atoms with Gasteiger partial charge in [-0.2, -0.15) is 0 Å². The van der Waals surface area contributed by atoms with Crippen LogP contribution in [-0.2, 0) is 15.2 Å². The SMILES string of the molecule is CON=C(C(=O)Cl)c1csc(NC(c2ccccc2)(c2ccccc2)c2ccccc2)n1. The summed E-state index contributed by atoms with van der Waals surface area (Å²) in [7, 11) is 1.36. The van der Waals surface area contributed by atoms with Crippen LogP contribution in [0.1, 0.15) is 22.4 Å². The van der Waals surface area contributed by atoms with E-state index in [2.05, 4.69) is 51.9 Å². The average molecular weight is 462 g/mol. The van der Waals surface area contributed by atoms with Crippen LogP contribution in [0.3, 0.4) is 0 Å². The topological polar surface area (TPSA) is 63.6 Å². The molecule has 1 aromatic heterocycles. The summed E-state index contributed by atoms with van der Waals surface area (Å²) in [6.07, 6.45) is 0. The molecule has 4 rings (SSSR count). The number of halogens is 1. The molecular weight excluding hydrogens is 442 g/mol. The van der Waals surface area contributed by atoms with Gasteiger partial charge < -0.3 is 10.2 Å². The maximum Gasteiger partial charge on any atom is 0.276 e. The number of rotatable bonds is 8. The van der Waals surface area contributed by atoms with Gasteiger partial charge in [0.05, 0.1) is 0 Å². The van der Waals surface area contributed by atoms with Crippen LogP contribution in [0, 0.1) is 0 Å². The monoisotopic (exact) mass is 461 g/mol. The number of aromatic nitrogens is 1. The fraction of sp³-hybridized carbons (Fsp3) is 0.0800. The Morgan fingerprint density at radius 2 is 1.38 bits per heavy atom. The van der Waals surface area contributed by atoms with Crippen molar-refractivity contribution in [3.05, 3.63) is 119 Å². The molecule has 0 amide bonds. The summed E-state index contributed by atoms with van der Waals surface area (Å²) in [5.41, 5.74) is 2.74. The van der Waals surface area contributed by atoms with Crippen molar-refractivity contribution in [2.75, 3.05) is 12.4 Å². The summed E-state index contributed by atoms with van der Waals surface area (Å²) in [6, 6.07) is 30.6. The molecule has 0 saturated heterocycles. The summed E-state index contributed by atoms with van der Waals surface area (Å²) >= 11 is 7.04. The number of anilines is 1. The fourth-order valence-corrected chi connectivity index (χ4v) is 4.54. The highest BCUT2D eigenvalue weighted by molar-refractivity contribution is 7.14. The molecule has 0 atom stereocenters. The van der Waals surface area contributed by atoms with E-state index in [4.69, 9.17) is 16.4 Å². The number of nitrogens with one attached hydrogen (secondary N) is 1. The number of hydrogen-bond donors (Lipinski definition) is 1. The van der Waals surface area contributed by atoms with E-state index in [1.807, 2.05) is 54.6 Å². The second-order valence-electron chi connectivity index (χ2n) is 6.91. The van der Waals surface area contributed by atoms with Crippen LogP contribution in [0.15, 0.2) is 102 Å². The molecule has 0 saturated carbocycles. The second-order valence-corrected chi connectivity index (χ2v) is 8.11. The van der Waals surface area contributed by atoms with Crippen molar-refractivity contribution >= 4 is 39.0 Å². The molecule has 1 N–H and O–H groups in total. The lowest BCUT2D eigenvalue weighted by Crippen LogP contribution is -2.38. The number of nitrogens with zero attached hydrogens (tertiary/aromatic N) is 2. The minimum Gasteiger partial charge on any atom is -0.398 e. The number of carbonyl (C=O) groups is 1. The summed E-state index contributed by atoms with van der Waals surface area (Å²) in [6.45, 7) is 0. The van der Waals surface area contributed by atoms with Crippen LogP contribution < -0.4 is 5.32 Å². The van der Waals surface area contributed by atoms with Gasteiger partial charge in [0, 0.05) is 5.38 Å². The summed E-state index contributed by atoms with van der Waals surface area (Å²) in [5, 5.41) is 8.99. The van der Waals surface area contributed by atoms with E-state index in [-0.39, 0.29) is 5.71 Å². The van der Waals surface area contributed by atoms with Crippen LogP contribution >= 0.6 is 22.9 Å². The van der Waals surface area contributed by atoms with Crippen molar-refractivity contribution in [1.29, 1.82) is 0 Å². The van der Waals surface area contributed by atoms with Crippen LogP contribution in [0.4, 0.5) is 5.13 Å². The molecule has 4 aromatic rings. The Morgan fingerprint density at radius 1 is 0.906 bits per heavy atom. The fourth-order valence-electron chi connectivity index (χ4n) is 3.66. The van der Waals surface area contributed by atoms with E-state index in [0.717, 1.165) is 16.7 Å². The molecule has 3 aromatic carbocycles. The van der Waals surface area contributed by atoms with Crippen LogP contribution in [0.25, 0.3) is 0 Å². The molecule has 32 heavy (non-hydrogen) atoms. The summed E-state index contributed by atoms with van der Waals surface area (Å²) < 4.78 is 0. The highest BCUT2D eigenvalue weighted by atomic mass is 35.5. The lowest BCUT2D eigenvalue weighted by atomic mass is 9.77. The molecule has 0 bridgehead atoms. The zero-order chi connectivity index (χ0) is 22.4. The van der Waals surface area contributed by atoms with Crippen molar-refractivity contribution in [2.45, 2.75) is 5.54 Å². The Labute approximate surface area is 195 Å². The van der Waals surface area contributed by atoms with Gasteiger partial charge in [0.25, 0.3) is 5.24 Å². The molecule has 0 aliphatic rings. The minimum atomic E-state index is -0.732. The first-order chi connectivity index (χ1) is 15.6. The molecule has 0 spiro atoms. The quantitative estimate of drug-likeness (QED) is 0.159. The molecule has 7 heteroatoms. The number of oxime groups is 1. The molecular formula is C25H20ClN3O2S. The second kappa shape index (κ2) is 9.77. The van der Waals surface area contributed by atoms with E-state index < -0.39 is 10.8 Å². The first-order valence-corrected chi connectivity index (χ1v) is 11.1. The van der Waals surface area contributed by atoms with E-state index in [9.17, 15) is 4.79 Å². The van der Waals surface area contributed by atoms with Gasteiger partial charge in [0.15, 0.2) is 10.8 Å². The van der Waals surface area contributed by atoms with Gasteiger partial charge in [0.2, 0.25) is 0 Å². The maximum absolute atomic E-state index is 11.8. The molecule has 1 heterocycles. The van der Waals surface area contributed by atoms with E-state index in [1.54, 1.807) is 5.38 Å². The Hall–Kier alpha value is -3.48. The zero-order valence-corrected chi connectivity index (χ0v) is 18.8. The predicted octanol–water partition coefficient (Wildman–Crippen LogP) is 5.66. The molecule has 5 nitrogen and oxygen atoms in total. The number of benzene rings is 3. The predicted molar refractivity (Wildman–Crippen MR) is 129 cm³/mol. The van der Waals surface area contributed by atoms with Crippen molar-refractivity contribution < 1.29 is 9.63 Å². The van der Waals surface area contributed by atoms with Crippen LogP contribution in [0.5, 0.6) is 0 Å². The standard InChI is InChI=1S/C25H20ClN3O2S/c1-31-29-22(23(26)30)21-17-32-24(27-21)28-25(18-11-5-2-6-12-18,19-13-7-3-8-14-19)20-15-9-4-10-16-20/h2-17H,1H3,(H,27,28). The molecule has 0 radical (unpaired) electrons. The largest absolute Gasteiger partial charge is 0.398 e. The molecule has 0 aliphatic carbocycles. The van der Waals surface area contributed by atoms with E-state index in [1.165, 1.54) is 18.4 Å². The van der Waals surface area contributed by atoms with Crippen molar-refractivity contribution in [2.24, 2.45) is 5.16 Å². The van der Waals surface area contributed by atoms with Gasteiger partial charge in [-0.25, -0.2) is 4.98 Å². The zero-order valence-electron chi connectivity index (χ0n) is 17.2. The highest BCUT2D eigenvalue weighted by Gasteiger charge is 2.37. The highest BCUT2D eigenvalue weighted by Crippen LogP contribution is 2.40. The normalized spacial score (nSPS) is 11.8. The lowest BCUT2D eigenvalue weighted by molar-refractivity contribution is -0.106. The number of hydrogen-bond acceptors (Lipinski definition) is 6. The number of carbonyl (C=O) groups excluding carboxylic acids is 1. The molecule has 160 valence electrons. The maximum atomic E-state index is 11.8. The van der Waals surface area contributed by atoms with Crippen LogP contribution in [-0.4, -0.2) is 23.0 Å². The summed E-state index contributed by atoms with van der Waals surface area (Å²) in [4.78, 5) is 21.2. The van der Waals surface area contributed by atoms with Crippen molar-refractivity contribution in [1.82, 2.24) is 4.98 Å². The van der Waals surface area contributed by atoms with E-state index >= 15 is 0 Å². The smallest absolute Gasteiger partial charge is 0.276 e.